The molecule has 1 atom stereocenters. The van der Waals surface area contributed by atoms with Crippen molar-refractivity contribution in [2.24, 2.45) is 0 Å². The van der Waals surface area contributed by atoms with Gasteiger partial charge >= 0.3 is 0 Å². The molecule has 2 aromatic rings. The molecule has 29 heavy (non-hydrogen) atoms. The summed E-state index contributed by atoms with van der Waals surface area (Å²) in [6, 6.07) is 18.5. The summed E-state index contributed by atoms with van der Waals surface area (Å²) in [6.07, 6.45) is 0. The van der Waals surface area contributed by atoms with Gasteiger partial charge in [-0.1, -0.05) is 42.5 Å². The molecule has 0 aliphatic carbocycles. The third-order valence-corrected chi connectivity index (χ3v) is 5.98. The zero-order valence-electron chi connectivity index (χ0n) is 17.5. The summed E-state index contributed by atoms with van der Waals surface area (Å²) < 4.78 is 5.77. The number of benzene rings is 2. The summed E-state index contributed by atoms with van der Waals surface area (Å²) in [7, 11) is 8.11. The van der Waals surface area contributed by atoms with Crippen LogP contribution in [0.2, 0.25) is 0 Å². The van der Waals surface area contributed by atoms with Gasteiger partial charge in [0.05, 0.1) is 17.6 Å². The van der Waals surface area contributed by atoms with Crippen LogP contribution in [0.1, 0.15) is 17.2 Å². The second-order valence-corrected chi connectivity index (χ2v) is 8.50. The van der Waals surface area contributed by atoms with E-state index in [0.717, 1.165) is 27.5 Å². The highest BCUT2D eigenvalue weighted by molar-refractivity contribution is 8.08. The summed E-state index contributed by atoms with van der Waals surface area (Å²) in [5.74, 6) is 1.11. The Kier molecular flexibility index (Phi) is 7.23. The zero-order valence-corrected chi connectivity index (χ0v) is 18.3. The summed E-state index contributed by atoms with van der Waals surface area (Å²) >= 11 is 1.67. The minimum Gasteiger partial charge on any atom is -0.486 e. The van der Waals surface area contributed by atoms with Crippen LogP contribution in [-0.2, 0) is 9.53 Å². The van der Waals surface area contributed by atoms with E-state index in [1.807, 2.05) is 58.5 Å². The van der Waals surface area contributed by atoms with Gasteiger partial charge in [0.2, 0.25) is 0 Å². The lowest BCUT2D eigenvalue weighted by atomic mass is 10.1. The Hall–Kier alpha value is -2.44. The van der Waals surface area contributed by atoms with Crippen molar-refractivity contribution in [3.05, 3.63) is 71.5 Å². The maximum Gasteiger partial charge on any atom is 0.287 e. The van der Waals surface area contributed by atoms with E-state index in [0.29, 0.717) is 18.9 Å². The van der Waals surface area contributed by atoms with Crippen LogP contribution >= 0.6 is 11.8 Å². The fourth-order valence-corrected chi connectivity index (χ4v) is 4.21. The van der Waals surface area contributed by atoms with E-state index in [-0.39, 0.29) is 11.9 Å². The first-order chi connectivity index (χ1) is 14.0. The number of hydrogen-bond acceptors (Lipinski definition) is 5. The Morgan fingerprint density at radius 1 is 1.07 bits per heavy atom. The van der Waals surface area contributed by atoms with Gasteiger partial charge in [-0.25, -0.2) is 0 Å². The highest BCUT2D eigenvalue weighted by atomic mass is 32.2. The Morgan fingerprint density at radius 3 is 2.38 bits per heavy atom. The van der Waals surface area contributed by atoms with Crippen LogP contribution in [0.15, 0.2) is 60.4 Å². The highest BCUT2D eigenvalue weighted by Gasteiger charge is 2.24. The molecule has 0 aromatic heterocycles. The van der Waals surface area contributed by atoms with Crippen LogP contribution in [0.25, 0.3) is 4.91 Å². The molecule has 0 saturated heterocycles. The number of nitrogens with one attached hydrogen (secondary N) is 1. The van der Waals surface area contributed by atoms with E-state index >= 15 is 0 Å². The van der Waals surface area contributed by atoms with Crippen LogP contribution in [0.5, 0.6) is 0 Å². The third kappa shape index (κ3) is 5.34. The van der Waals surface area contributed by atoms with Crippen molar-refractivity contribution in [3.63, 3.8) is 0 Å². The minimum atomic E-state index is -0.159. The standard InChI is InChI=1S/C23H29N3O2S/c1-25(2)19-12-10-17(11-13-19)20(26(3)4)16-24-23(27)21-22(29-15-14-28-21)18-8-6-5-7-9-18/h5-13,20H,14-16H2,1-4H3,(H,24,27)/t20-/m1/s1. The molecule has 154 valence electrons. The average Bonchev–Trinajstić information content (AvgIpc) is 2.74. The van der Waals surface area contributed by atoms with Gasteiger partial charge < -0.3 is 19.9 Å². The molecule has 0 bridgehead atoms. The lowest BCUT2D eigenvalue weighted by Crippen LogP contribution is -2.36. The van der Waals surface area contributed by atoms with Crippen LogP contribution in [0.4, 0.5) is 5.69 Å². The van der Waals surface area contributed by atoms with Gasteiger partial charge in [0.1, 0.15) is 0 Å². The number of carbonyl (C=O) groups is 1. The number of rotatable bonds is 7. The Labute approximate surface area is 177 Å². The van der Waals surface area contributed by atoms with E-state index in [1.165, 1.54) is 0 Å². The molecule has 0 saturated carbocycles. The summed E-state index contributed by atoms with van der Waals surface area (Å²) in [5.41, 5.74) is 3.34. The summed E-state index contributed by atoms with van der Waals surface area (Å²) in [6.45, 7) is 1.06. The van der Waals surface area contributed by atoms with Gasteiger partial charge in [-0.3, -0.25) is 4.79 Å². The molecule has 1 amide bonds. The number of nitrogens with zero attached hydrogens (tertiary/aromatic N) is 2. The molecule has 1 aliphatic heterocycles. The highest BCUT2D eigenvalue weighted by Crippen LogP contribution is 2.34. The average molecular weight is 412 g/mol. The van der Waals surface area contributed by atoms with E-state index < -0.39 is 0 Å². The first-order valence-electron chi connectivity index (χ1n) is 9.74. The lowest BCUT2D eigenvalue weighted by molar-refractivity contribution is -0.120. The van der Waals surface area contributed by atoms with Crippen molar-refractivity contribution in [3.8, 4) is 0 Å². The predicted octanol–water partition coefficient (Wildman–Crippen LogP) is 3.60. The van der Waals surface area contributed by atoms with Gasteiger partial charge in [0.25, 0.3) is 5.91 Å². The fraction of sp³-hybridized carbons (Fsp3) is 0.348. The number of thioether (sulfide) groups is 1. The maximum atomic E-state index is 13.0. The van der Waals surface area contributed by atoms with Crippen molar-refractivity contribution in [2.45, 2.75) is 6.04 Å². The SMILES string of the molecule is CN(C)c1ccc([C@@H](CNC(=O)C2=C(c3ccccc3)SCCO2)N(C)C)cc1. The molecule has 0 unspecified atom stereocenters. The van der Waals surface area contributed by atoms with Crippen molar-refractivity contribution >= 4 is 28.3 Å². The molecule has 0 fully saturated rings. The lowest BCUT2D eigenvalue weighted by Gasteiger charge is -2.27. The maximum absolute atomic E-state index is 13.0. The Morgan fingerprint density at radius 2 is 1.76 bits per heavy atom. The third-order valence-electron chi connectivity index (χ3n) is 4.90. The topological polar surface area (TPSA) is 44.8 Å². The van der Waals surface area contributed by atoms with Crippen LogP contribution in [0.3, 0.4) is 0 Å². The minimum absolute atomic E-state index is 0.0761. The molecular formula is C23H29N3O2S. The predicted molar refractivity (Wildman–Crippen MR) is 122 cm³/mol. The van der Waals surface area contributed by atoms with Crippen LogP contribution in [0, 0.1) is 0 Å². The first-order valence-corrected chi connectivity index (χ1v) is 10.7. The fourth-order valence-electron chi connectivity index (χ4n) is 3.25. The number of anilines is 1. The smallest absolute Gasteiger partial charge is 0.287 e. The largest absolute Gasteiger partial charge is 0.486 e. The number of carbonyl (C=O) groups excluding carboxylic acids is 1. The van der Waals surface area contributed by atoms with Crippen molar-refractivity contribution in [2.75, 3.05) is 52.0 Å². The molecule has 0 spiro atoms. The van der Waals surface area contributed by atoms with E-state index in [4.69, 9.17) is 4.74 Å². The van der Waals surface area contributed by atoms with Gasteiger partial charge in [0.15, 0.2) is 5.76 Å². The molecule has 6 heteroatoms. The van der Waals surface area contributed by atoms with E-state index in [1.54, 1.807) is 11.8 Å². The van der Waals surface area contributed by atoms with Crippen molar-refractivity contribution < 1.29 is 9.53 Å². The molecular weight excluding hydrogens is 382 g/mol. The number of likely N-dealkylation sites (N-methyl/N-ethyl adjacent to an activating group) is 1. The van der Waals surface area contributed by atoms with Crippen LogP contribution < -0.4 is 10.2 Å². The van der Waals surface area contributed by atoms with Gasteiger partial charge in [0, 0.05) is 32.1 Å². The zero-order chi connectivity index (χ0) is 20.8. The molecule has 0 radical (unpaired) electrons. The first kappa shape index (κ1) is 21.3. The summed E-state index contributed by atoms with van der Waals surface area (Å²) in [4.78, 5) is 18.1. The van der Waals surface area contributed by atoms with Gasteiger partial charge in [-0.2, -0.15) is 0 Å². The number of amides is 1. The molecule has 3 rings (SSSR count). The van der Waals surface area contributed by atoms with E-state index in [9.17, 15) is 4.79 Å². The van der Waals surface area contributed by atoms with Gasteiger partial charge in [-0.15, -0.1) is 11.8 Å². The van der Waals surface area contributed by atoms with Crippen molar-refractivity contribution in [1.29, 1.82) is 0 Å². The number of ether oxygens (including phenoxy) is 1. The molecule has 1 aliphatic rings. The van der Waals surface area contributed by atoms with E-state index in [2.05, 4.69) is 39.4 Å². The second kappa shape index (κ2) is 9.85. The number of hydrogen-bond donors (Lipinski definition) is 1. The quantitative estimate of drug-likeness (QED) is 0.754. The Balaban J connectivity index is 1.75. The summed E-state index contributed by atoms with van der Waals surface area (Å²) in [5, 5.41) is 3.08. The van der Waals surface area contributed by atoms with Gasteiger partial charge in [-0.05, 0) is 37.4 Å². The van der Waals surface area contributed by atoms with Crippen molar-refractivity contribution in [1.82, 2.24) is 10.2 Å². The molecule has 5 nitrogen and oxygen atoms in total. The normalized spacial score (nSPS) is 15.1. The Bertz CT molecular complexity index is 848. The molecule has 1 N–H and O–H groups in total. The second-order valence-electron chi connectivity index (χ2n) is 7.40. The molecule has 1 heterocycles. The molecule has 2 aromatic carbocycles. The monoisotopic (exact) mass is 411 g/mol. The van der Waals surface area contributed by atoms with Crippen LogP contribution in [-0.4, -0.2) is 57.9 Å².